The predicted octanol–water partition coefficient (Wildman–Crippen LogP) is 4.17. The smallest absolute Gasteiger partial charge is 0.296 e. The van der Waals surface area contributed by atoms with Crippen LogP contribution in [-0.2, 0) is 0 Å². The van der Waals surface area contributed by atoms with Crippen molar-refractivity contribution in [2.45, 2.75) is 20.3 Å². The van der Waals surface area contributed by atoms with E-state index in [1.165, 1.54) is 24.4 Å². The summed E-state index contributed by atoms with van der Waals surface area (Å²) >= 11 is 0. The lowest BCUT2D eigenvalue weighted by Gasteiger charge is -2.17. The van der Waals surface area contributed by atoms with E-state index in [0.29, 0.717) is 16.7 Å². The summed E-state index contributed by atoms with van der Waals surface area (Å²) in [5.74, 6) is -3.03. The lowest BCUT2D eigenvalue weighted by Crippen LogP contribution is -2.15. The van der Waals surface area contributed by atoms with Crippen LogP contribution in [0.3, 0.4) is 0 Å². The number of rotatable bonds is 4. The fourth-order valence-electron chi connectivity index (χ4n) is 3.83. The van der Waals surface area contributed by atoms with Crippen LogP contribution in [0.1, 0.15) is 33.7 Å². The number of nitrogens with two attached hydrogens (primary N) is 2. The number of hydrogen-bond donors (Lipinski definition) is 3. The SMILES string of the molecule is Cc1ccc(O)c(C)c1-c1c(N)c(C(N)=O)cc2c1nc(C(F)F)n2-c1ncccc1F. The number of benzene rings is 2. The zero-order valence-corrected chi connectivity index (χ0v) is 17.0. The molecule has 0 saturated heterocycles. The molecule has 10 heteroatoms. The van der Waals surface area contributed by atoms with Crippen molar-refractivity contribution in [3.05, 3.63) is 64.9 Å². The van der Waals surface area contributed by atoms with Crippen LogP contribution in [-0.4, -0.2) is 25.5 Å². The molecule has 0 aliphatic carbocycles. The maximum absolute atomic E-state index is 14.6. The molecule has 4 aromatic rings. The van der Waals surface area contributed by atoms with Gasteiger partial charge in [-0.25, -0.2) is 23.1 Å². The van der Waals surface area contributed by atoms with E-state index in [0.717, 1.165) is 10.6 Å². The summed E-state index contributed by atoms with van der Waals surface area (Å²) in [5.41, 5.74) is 13.1. The second-order valence-electron chi connectivity index (χ2n) is 7.26. The van der Waals surface area contributed by atoms with Gasteiger partial charge in [-0.1, -0.05) is 6.07 Å². The highest BCUT2D eigenvalue weighted by molar-refractivity contribution is 6.11. The molecule has 0 aliphatic heterocycles. The number of fused-ring (bicyclic) bond motifs is 1. The minimum Gasteiger partial charge on any atom is -0.508 e. The highest BCUT2D eigenvalue weighted by Crippen LogP contribution is 2.43. The van der Waals surface area contributed by atoms with Gasteiger partial charge in [-0.15, -0.1) is 0 Å². The van der Waals surface area contributed by atoms with Crippen LogP contribution >= 0.6 is 0 Å². The molecular formula is C22H18F3N5O2. The predicted molar refractivity (Wildman–Crippen MR) is 113 cm³/mol. The molecule has 164 valence electrons. The van der Waals surface area contributed by atoms with Gasteiger partial charge in [0.2, 0.25) is 0 Å². The minimum absolute atomic E-state index is 0.00958. The van der Waals surface area contributed by atoms with E-state index in [4.69, 9.17) is 11.5 Å². The summed E-state index contributed by atoms with van der Waals surface area (Å²) < 4.78 is 43.4. The number of pyridine rings is 1. The van der Waals surface area contributed by atoms with Crippen LogP contribution in [0.5, 0.6) is 5.75 Å². The number of hydrogen-bond acceptors (Lipinski definition) is 5. The molecule has 1 amide bonds. The molecule has 2 aromatic carbocycles. The van der Waals surface area contributed by atoms with Crippen molar-refractivity contribution < 1.29 is 23.1 Å². The Bertz CT molecular complexity index is 1400. The molecule has 4 rings (SSSR count). The van der Waals surface area contributed by atoms with Crippen LogP contribution < -0.4 is 11.5 Å². The Morgan fingerprint density at radius 1 is 1.19 bits per heavy atom. The van der Waals surface area contributed by atoms with E-state index >= 15 is 0 Å². The van der Waals surface area contributed by atoms with Gasteiger partial charge in [0.25, 0.3) is 12.3 Å². The number of carbonyl (C=O) groups excluding carboxylic acids is 1. The first kappa shape index (κ1) is 21.2. The van der Waals surface area contributed by atoms with E-state index in [9.17, 15) is 23.1 Å². The number of aromatic nitrogens is 3. The second-order valence-corrected chi connectivity index (χ2v) is 7.26. The lowest BCUT2D eigenvalue weighted by atomic mass is 9.91. The Morgan fingerprint density at radius 3 is 2.53 bits per heavy atom. The van der Waals surface area contributed by atoms with E-state index in [1.54, 1.807) is 19.9 Å². The normalized spacial score (nSPS) is 11.4. The van der Waals surface area contributed by atoms with Crippen LogP contribution in [0.4, 0.5) is 18.9 Å². The molecule has 0 bridgehead atoms. The number of phenolic OH excluding ortho intramolecular Hbond substituents is 1. The molecule has 0 radical (unpaired) electrons. The summed E-state index contributed by atoms with van der Waals surface area (Å²) in [6.45, 7) is 3.34. The number of amides is 1. The summed E-state index contributed by atoms with van der Waals surface area (Å²) in [6.07, 6.45) is -1.85. The second kappa shape index (κ2) is 7.56. The van der Waals surface area contributed by atoms with Crippen LogP contribution in [0.25, 0.3) is 28.0 Å². The lowest BCUT2D eigenvalue weighted by molar-refractivity contribution is 0.100. The van der Waals surface area contributed by atoms with E-state index in [1.807, 2.05) is 0 Å². The van der Waals surface area contributed by atoms with Crippen molar-refractivity contribution in [3.63, 3.8) is 0 Å². The zero-order valence-electron chi connectivity index (χ0n) is 17.0. The third kappa shape index (κ3) is 3.11. The Labute approximate surface area is 180 Å². The summed E-state index contributed by atoms with van der Waals surface area (Å²) in [5, 5.41) is 10.3. The van der Waals surface area contributed by atoms with Gasteiger partial charge >= 0.3 is 0 Å². The fourth-order valence-corrected chi connectivity index (χ4v) is 3.83. The molecule has 2 aromatic heterocycles. The van der Waals surface area contributed by atoms with Gasteiger partial charge in [-0.05, 0) is 54.8 Å². The molecule has 7 nitrogen and oxygen atoms in total. The number of aryl methyl sites for hydroxylation is 1. The quantitative estimate of drug-likeness (QED) is 0.411. The first-order valence-corrected chi connectivity index (χ1v) is 9.46. The number of primary amides is 1. The van der Waals surface area contributed by atoms with Crippen LogP contribution in [0.15, 0.2) is 36.5 Å². The van der Waals surface area contributed by atoms with Gasteiger partial charge in [0.15, 0.2) is 17.5 Å². The highest BCUT2D eigenvalue weighted by atomic mass is 19.3. The number of halogens is 3. The van der Waals surface area contributed by atoms with E-state index < -0.39 is 29.8 Å². The zero-order chi connectivity index (χ0) is 23.3. The number of imidazole rings is 1. The minimum atomic E-state index is -3.10. The van der Waals surface area contributed by atoms with Crippen molar-refractivity contribution in [2.24, 2.45) is 5.73 Å². The third-order valence-corrected chi connectivity index (χ3v) is 5.32. The van der Waals surface area contributed by atoms with Gasteiger partial charge < -0.3 is 16.6 Å². The van der Waals surface area contributed by atoms with Crippen molar-refractivity contribution in [1.82, 2.24) is 14.5 Å². The van der Waals surface area contributed by atoms with E-state index in [-0.39, 0.29) is 33.6 Å². The number of nitrogen functional groups attached to an aromatic ring is 1. The van der Waals surface area contributed by atoms with Crippen LogP contribution in [0, 0.1) is 19.7 Å². The average molecular weight is 441 g/mol. The van der Waals surface area contributed by atoms with Crippen molar-refractivity contribution in [1.29, 1.82) is 0 Å². The van der Waals surface area contributed by atoms with Gasteiger partial charge in [0.1, 0.15) is 5.75 Å². The Morgan fingerprint density at radius 2 is 1.91 bits per heavy atom. The maximum Gasteiger partial charge on any atom is 0.296 e. The number of nitrogens with zero attached hydrogens (tertiary/aromatic N) is 3. The van der Waals surface area contributed by atoms with Crippen molar-refractivity contribution in [2.75, 3.05) is 5.73 Å². The molecule has 32 heavy (non-hydrogen) atoms. The maximum atomic E-state index is 14.6. The Hall–Kier alpha value is -4.08. The Balaban J connectivity index is 2.26. The summed E-state index contributed by atoms with van der Waals surface area (Å²) in [6, 6.07) is 6.67. The first-order chi connectivity index (χ1) is 15.1. The van der Waals surface area contributed by atoms with Gasteiger partial charge in [-0.2, -0.15) is 0 Å². The largest absolute Gasteiger partial charge is 0.508 e. The third-order valence-electron chi connectivity index (χ3n) is 5.32. The molecule has 0 unspecified atom stereocenters. The topological polar surface area (TPSA) is 120 Å². The highest BCUT2D eigenvalue weighted by Gasteiger charge is 2.28. The van der Waals surface area contributed by atoms with Crippen LogP contribution in [0.2, 0.25) is 0 Å². The average Bonchev–Trinajstić information content (AvgIpc) is 3.11. The Kier molecular flexibility index (Phi) is 5.00. The van der Waals surface area contributed by atoms with Crippen molar-refractivity contribution >= 4 is 22.6 Å². The standard InChI is InChI=1S/C22H18F3N5O2/c1-9-5-6-14(31)10(2)15(9)16-17(26)11(20(27)32)8-13-18(16)29-22(19(24)25)30(13)21-12(23)4-3-7-28-21/h3-8,19,31H,26H2,1-2H3,(H2,27,32). The first-order valence-electron chi connectivity index (χ1n) is 9.46. The number of carbonyl (C=O) groups is 1. The monoisotopic (exact) mass is 441 g/mol. The molecule has 5 N–H and O–H groups in total. The fraction of sp³-hybridized carbons (Fsp3) is 0.136. The molecule has 0 saturated carbocycles. The van der Waals surface area contributed by atoms with Crippen molar-refractivity contribution in [3.8, 4) is 22.7 Å². The van der Waals surface area contributed by atoms with Gasteiger partial charge in [0.05, 0.1) is 22.3 Å². The molecule has 0 aliphatic rings. The molecule has 0 spiro atoms. The van der Waals surface area contributed by atoms with Gasteiger partial charge in [-0.3, -0.25) is 9.36 Å². The van der Waals surface area contributed by atoms with E-state index in [2.05, 4.69) is 9.97 Å². The molecule has 2 heterocycles. The van der Waals surface area contributed by atoms with Gasteiger partial charge in [0, 0.05) is 11.8 Å². The molecule has 0 fully saturated rings. The number of alkyl halides is 2. The number of aromatic hydroxyl groups is 1. The molecular weight excluding hydrogens is 423 g/mol. The summed E-state index contributed by atoms with van der Waals surface area (Å²) in [7, 11) is 0. The number of phenols is 1. The molecule has 0 atom stereocenters. The number of anilines is 1. The summed E-state index contributed by atoms with van der Waals surface area (Å²) in [4.78, 5) is 20.1.